The average molecular weight is 1030 g/mol. The third-order valence-corrected chi connectivity index (χ3v) is 18.8. The van der Waals surface area contributed by atoms with Gasteiger partial charge in [-0.3, -0.25) is 24.0 Å². The van der Waals surface area contributed by atoms with Crippen LogP contribution in [0, 0.1) is 50.2 Å². The summed E-state index contributed by atoms with van der Waals surface area (Å²) in [5, 5.41) is 13.3. The molecule has 0 bridgehead atoms. The van der Waals surface area contributed by atoms with E-state index >= 15 is 0 Å². The molecule has 17 nitrogen and oxygen atoms in total. The molecule has 0 unspecified atom stereocenters. The molecule has 0 aromatic heterocycles. The van der Waals surface area contributed by atoms with Gasteiger partial charge in [-0.25, -0.2) is 9.59 Å². The van der Waals surface area contributed by atoms with Gasteiger partial charge < -0.3 is 47.7 Å². The van der Waals surface area contributed by atoms with Crippen LogP contribution in [0.2, 0.25) is 0 Å². The van der Waals surface area contributed by atoms with Crippen LogP contribution in [0.5, 0.6) is 0 Å². The Morgan fingerprint density at radius 3 is 1.77 bits per heavy atom. The lowest BCUT2D eigenvalue weighted by Gasteiger charge is -2.72. The van der Waals surface area contributed by atoms with Gasteiger partial charge in [0.2, 0.25) is 0 Å². The van der Waals surface area contributed by atoms with Gasteiger partial charge in [0.1, 0.15) is 31.5 Å². The van der Waals surface area contributed by atoms with E-state index in [4.69, 9.17) is 42.6 Å². The first kappa shape index (κ1) is 57.7. The van der Waals surface area contributed by atoms with Crippen LogP contribution in [0.25, 0.3) is 0 Å². The van der Waals surface area contributed by atoms with Crippen LogP contribution < -0.4 is 0 Å². The lowest BCUT2D eigenvalue weighted by atomic mass is 9.33. The molecule has 0 aromatic rings. The van der Waals surface area contributed by atoms with Crippen molar-refractivity contribution in [2.45, 2.75) is 211 Å². The smallest absolute Gasteiger partial charge is 0.333 e. The first-order valence-electron chi connectivity index (χ1n) is 26.0. The van der Waals surface area contributed by atoms with E-state index in [-0.39, 0.29) is 54.0 Å². The zero-order chi connectivity index (χ0) is 54.6. The predicted molar refractivity (Wildman–Crippen MR) is 263 cm³/mol. The molecule has 5 fully saturated rings. The van der Waals surface area contributed by atoms with Crippen molar-refractivity contribution < 1.29 is 81.3 Å². The van der Waals surface area contributed by atoms with Crippen LogP contribution in [-0.4, -0.2) is 115 Å². The number of allylic oxidation sites excluding steroid dienone is 4. The summed E-state index contributed by atoms with van der Waals surface area (Å²) in [4.78, 5) is 91.3. The van der Waals surface area contributed by atoms with Crippen molar-refractivity contribution in [2.24, 2.45) is 50.2 Å². The molecule has 17 atom stereocenters. The number of hydrogen-bond donors (Lipinski definition) is 1. The summed E-state index contributed by atoms with van der Waals surface area (Å²) in [6.45, 7) is 27.2. The van der Waals surface area contributed by atoms with Gasteiger partial charge in [0.05, 0.1) is 17.6 Å². The molecule has 1 saturated heterocycles. The lowest BCUT2D eigenvalue weighted by Crippen LogP contribution is -2.73. The van der Waals surface area contributed by atoms with Gasteiger partial charge in [-0.1, -0.05) is 65.3 Å². The highest BCUT2D eigenvalue weighted by molar-refractivity contribution is 5.88. The number of esters is 7. The number of carbonyl (C=O) groups excluding carboxylic acids is 7. The minimum Gasteiger partial charge on any atom is -0.465 e. The number of carbonyl (C=O) groups is 7. The standard InChI is InChI=1S/C56H82O17/c1-17-29(3)48(63)71-43-31(5)67-50(45(69-35(9)60)44(43)72-49(64)30(4)18-2)73-46-47(70-36(10)61)56(28-66-33(7)58)38(25-51(46,11)12)37-19-20-40-52(13)23-22-42(68-34(8)59)53(14,27-65-32(6)57)39(52)21-24-54(40,15)55(37,16)26-41(56)62/h17-19,31,38-47,50,62H,20-28H2,1-16H3/b29-17-,30-18-/t31-,38+,39-,40-,41-,42+,43-,44+,45-,46+,47+,50+,52+,53-,54-,55-,56+/m1/s1. The quantitative estimate of drug-likeness (QED) is 0.0612. The molecule has 0 radical (unpaired) electrons. The second-order valence-corrected chi connectivity index (χ2v) is 23.6. The monoisotopic (exact) mass is 1030 g/mol. The predicted octanol–water partition coefficient (Wildman–Crippen LogP) is 7.77. The van der Waals surface area contributed by atoms with E-state index in [9.17, 15) is 38.7 Å². The van der Waals surface area contributed by atoms with Crippen LogP contribution in [0.1, 0.15) is 156 Å². The fraction of sp³-hybridized carbons (Fsp3) is 0.768. The molecule has 0 spiro atoms. The van der Waals surface area contributed by atoms with Crippen molar-refractivity contribution >= 4 is 41.8 Å². The molecule has 0 aromatic carbocycles. The molecule has 5 aliphatic carbocycles. The highest BCUT2D eigenvalue weighted by Gasteiger charge is 2.74. The maximum atomic E-state index is 13.6. The van der Waals surface area contributed by atoms with Crippen molar-refractivity contribution in [2.75, 3.05) is 13.2 Å². The van der Waals surface area contributed by atoms with Gasteiger partial charge in [0.25, 0.3) is 0 Å². The number of aliphatic hydroxyl groups excluding tert-OH is 1. The minimum atomic E-state index is -1.53. The number of hydrogen-bond acceptors (Lipinski definition) is 17. The van der Waals surface area contributed by atoms with Gasteiger partial charge in [-0.2, -0.15) is 0 Å². The Kier molecular flexibility index (Phi) is 16.7. The Morgan fingerprint density at radius 2 is 1.22 bits per heavy atom. The van der Waals surface area contributed by atoms with Crippen LogP contribution >= 0.6 is 0 Å². The third kappa shape index (κ3) is 10.3. The highest BCUT2D eigenvalue weighted by atomic mass is 16.7. The summed E-state index contributed by atoms with van der Waals surface area (Å²) < 4.78 is 55.6. The summed E-state index contributed by atoms with van der Waals surface area (Å²) in [5.41, 5.74) is -2.88. The van der Waals surface area contributed by atoms with E-state index in [1.54, 1.807) is 46.8 Å². The zero-order valence-electron chi connectivity index (χ0n) is 46.0. The minimum absolute atomic E-state index is 0.0147. The van der Waals surface area contributed by atoms with E-state index < -0.39 is 124 Å². The largest absolute Gasteiger partial charge is 0.465 e. The van der Waals surface area contributed by atoms with Crippen molar-refractivity contribution in [3.05, 3.63) is 34.9 Å². The fourth-order valence-corrected chi connectivity index (χ4v) is 14.8. The van der Waals surface area contributed by atoms with E-state index in [1.807, 2.05) is 13.8 Å². The number of ether oxygens (including phenoxy) is 9. The fourth-order valence-electron chi connectivity index (χ4n) is 14.8. The Bertz CT molecular complexity index is 2280. The maximum absolute atomic E-state index is 13.6. The summed E-state index contributed by atoms with van der Waals surface area (Å²) in [5.74, 6) is -4.79. The first-order valence-corrected chi connectivity index (χ1v) is 26.0. The summed E-state index contributed by atoms with van der Waals surface area (Å²) in [6, 6.07) is 0. The van der Waals surface area contributed by atoms with E-state index in [2.05, 4.69) is 33.8 Å². The zero-order valence-corrected chi connectivity index (χ0v) is 46.0. The van der Waals surface area contributed by atoms with E-state index in [0.717, 1.165) is 24.8 Å². The molecular formula is C56H82O17. The van der Waals surface area contributed by atoms with Crippen molar-refractivity contribution in [1.29, 1.82) is 0 Å². The molecule has 1 N–H and O–H groups in total. The molecule has 0 amide bonds. The van der Waals surface area contributed by atoms with Gasteiger partial charge in [0, 0.05) is 51.2 Å². The molecule has 4 saturated carbocycles. The number of rotatable bonds is 13. The summed E-state index contributed by atoms with van der Waals surface area (Å²) in [7, 11) is 0. The molecule has 6 rings (SSSR count). The number of aliphatic hydroxyl groups is 1. The highest BCUT2D eigenvalue weighted by Crippen LogP contribution is 2.76. The molecule has 408 valence electrons. The normalized spacial score (nSPS) is 40.9. The molecule has 1 aliphatic heterocycles. The second-order valence-electron chi connectivity index (χ2n) is 23.6. The Balaban J connectivity index is 1.47. The Labute approximate surface area is 431 Å². The molecule has 17 heteroatoms. The van der Waals surface area contributed by atoms with Gasteiger partial charge in [-0.15, -0.1) is 0 Å². The summed E-state index contributed by atoms with van der Waals surface area (Å²) >= 11 is 0. The van der Waals surface area contributed by atoms with E-state index in [1.165, 1.54) is 34.6 Å². The second kappa shape index (κ2) is 21.2. The van der Waals surface area contributed by atoms with Crippen molar-refractivity contribution in [1.82, 2.24) is 0 Å². The topological polar surface area (TPSA) is 223 Å². The van der Waals surface area contributed by atoms with Crippen molar-refractivity contribution in [3.8, 4) is 0 Å². The average Bonchev–Trinajstić information content (AvgIpc) is 3.28. The van der Waals surface area contributed by atoms with Crippen LogP contribution in [0.15, 0.2) is 34.9 Å². The Morgan fingerprint density at radius 1 is 0.658 bits per heavy atom. The third-order valence-electron chi connectivity index (χ3n) is 18.8. The lowest BCUT2D eigenvalue weighted by molar-refractivity contribution is -0.343. The van der Waals surface area contributed by atoms with Gasteiger partial charge in [-0.05, 0) is 119 Å². The summed E-state index contributed by atoms with van der Waals surface area (Å²) in [6.07, 6.45) is -1.55. The first-order chi connectivity index (χ1) is 33.9. The number of fused-ring (bicyclic) bond motifs is 7. The molecule has 1 heterocycles. The SMILES string of the molecule is C/C=C(/C)C(=O)O[C@@H]1[C@@H](OC(C)=O)[C@H](O[C@H]2[C@H](OC(C)=O)[C@]3(COC(C)=O)[C@H](O)C[C@]4(C)C(=CC[C@@H]5[C@@]6(C)CC[C@H](OC(C)=O)[C@](C)(COC(C)=O)[C@@H]6CC[C@]54C)[C@@H]3CC2(C)C)O[C@H](C)[C@H]1OC(=O)/C(C)=C\C. The van der Waals surface area contributed by atoms with Crippen LogP contribution in [0.3, 0.4) is 0 Å². The van der Waals surface area contributed by atoms with Crippen LogP contribution in [-0.2, 0) is 76.2 Å². The van der Waals surface area contributed by atoms with Gasteiger partial charge in [0.15, 0.2) is 24.6 Å². The molecular weight excluding hydrogens is 945 g/mol. The van der Waals surface area contributed by atoms with Crippen LogP contribution in [0.4, 0.5) is 0 Å². The van der Waals surface area contributed by atoms with E-state index in [0.29, 0.717) is 19.3 Å². The molecule has 6 aliphatic rings. The van der Waals surface area contributed by atoms with Gasteiger partial charge >= 0.3 is 41.8 Å². The Hall–Kier alpha value is -4.61. The van der Waals surface area contributed by atoms with Crippen molar-refractivity contribution in [3.63, 3.8) is 0 Å². The maximum Gasteiger partial charge on any atom is 0.333 e. The molecule has 73 heavy (non-hydrogen) atoms.